The summed E-state index contributed by atoms with van der Waals surface area (Å²) in [5.41, 5.74) is 0.165. The molecule has 0 atom stereocenters. The maximum absolute atomic E-state index is 13.5. The fourth-order valence-corrected chi connectivity index (χ4v) is 1.52. The van der Waals surface area contributed by atoms with Crippen molar-refractivity contribution < 1.29 is 14.3 Å². The second kappa shape index (κ2) is 4.77. The Morgan fingerprint density at radius 1 is 1.53 bits per heavy atom. The molecule has 3 nitrogen and oxygen atoms in total. The van der Waals surface area contributed by atoms with E-state index in [1.54, 1.807) is 11.9 Å². The van der Waals surface area contributed by atoms with Gasteiger partial charge in [0.2, 0.25) is 0 Å². The predicted octanol–water partition coefficient (Wildman–Crippen LogP) is 2.37. The van der Waals surface area contributed by atoms with Crippen molar-refractivity contribution in [3.8, 4) is 0 Å². The molecule has 0 aliphatic rings. The predicted molar refractivity (Wildman–Crippen MR) is 56.9 cm³/mol. The van der Waals surface area contributed by atoms with Gasteiger partial charge in [-0.05, 0) is 18.6 Å². The molecule has 1 aromatic carbocycles. The number of rotatable bonds is 4. The van der Waals surface area contributed by atoms with Gasteiger partial charge in [-0.2, -0.15) is 0 Å². The molecule has 1 rings (SSSR count). The molecule has 0 heterocycles. The Bertz CT molecular complexity index is 366. The molecular weight excluding hydrogens is 197 g/mol. The molecule has 15 heavy (non-hydrogen) atoms. The summed E-state index contributed by atoms with van der Waals surface area (Å²) in [6.07, 6.45) is 0.837. The van der Waals surface area contributed by atoms with Crippen molar-refractivity contribution in [3.05, 3.63) is 29.6 Å². The van der Waals surface area contributed by atoms with E-state index < -0.39 is 11.8 Å². The average molecular weight is 211 g/mol. The van der Waals surface area contributed by atoms with E-state index in [1.807, 2.05) is 6.92 Å². The number of para-hydroxylation sites is 1. The summed E-state index contributed by atoms with van der Waals surface area (Å²) >= 11 is 0. The fraction of sp³-hybridized carbons (Fsp3) is 0.364. The number of nitrogens with zero attached hydrogens (tertiary/aromatic N) is 1. The van der Waals surface area contributed by atoms with Crippen LogP contribution in [0.15, 0.2) is 18.2 Å². The topological polar surface area (TPSA) is 40.5 Å². The van der Waals surface area contributed by atoms with E-state index in [9.17, 15) is 9.18 Å². The van der Waals surface area contributed by atoms with Crippen LogP contribution in [0.2, 0.25) is 0 Å². The Balaban J connectivity index is 3.18. The Labute approximate surface area is 88.1 Å². The molecule has 0 spiro atoms. The van der Waals surface area contributed by atoms with Crippen LogP contribution in [0.4, 0.5) is 10.1 Å². The normalized spacial score (nSPS) is 10.1. The Kier molecular flexibility index (Phi) is 3.66. The summed E-state index contributed by atoms with van der Waals surface area (Å²) in [7, 11) is 1.69. The van der Waals surface area contributed by atoms with E-state index in [2.05, 4.69) is 0 Å². The molecule has 0 radical (unpaired) electrons. The van der Waals surface area contributed by atoms with E-state index in [1.165, 1.54) is 18.2 Å². The van der Waals surface area contributed by atoms with E-state index in [0.717, 1.165) is 6.42 Å². The molecule has 0 unspecified atom stereocenters. The van der Waals surface area contributed by atoms with Crippen molar-refractivity contribution in [2.24, 2.45) is 0 Å². The number of hydrogen-bond donors (Lipinski definition) is 1. The first-order chi connectivity index (χ1) is 7.07. The molecule has 0 saturated heterocycles. The lowest BCUT2D eigenvalue weighted by Crippen LogP contribution is -2.22. The minimum Gasteiger partial charge on any atom is -0.478 e. The number of carbonyl (C=O) groups is 1. The number of anilines is 1. The molecule has 0 fully saturated rings. The van der Waals surface area contributed by atoms with E-state index >= 15 is 0 Å². The van der Waals surface area contributed by atoms with Gasteiger partial charge < -0.3 is 10.0 Å². The third-order valence-corrected chi connectivity index (χ3v) is 2.16. The van der Waals surface area contributed by atoms with Crippen LogP contribution in [-0.2, 0) is 0 Å². The highest BCUT2D eigenvalue weighted by Gasteiger charge is 2.16. The van der Waals surface area contributed by atoms with Crippen molar-refractivity contribution in [3.63, 3.8) is 0 Å². The largest absolute Gasteiger partial charge is 0.478 e. The van der Waals surface area contributed by atoms with Crippen LogP contribution in [0, 0.1) is 5.82 Å². The van der Waals surface area contributed by atoms with Gasteiger partial charge in [-0.15, -0.1) is 0 Å². The smallest absolute Gasteiger partial charge is 0.337 e. The molecule has 0 amide bonds. The molecule has 4 heteroatoms. The lowest BCUT2D eigenvalue weighted by molar-refractivity contribution is 0.0697. The molecule has 0 aromatic heterocycles. The Morgan fingerprint density at radius 2 is 2.20 bits per heavy atom. The highest BCUT2D eigenvalue weighted by atomic mass is 19.1. The highest BCUT2D eigenvalue weighted by Crippen LogP contribution is 2.23. The van der Waals surface area contributed by atoms with Gasteiger partial charge in [-0.25, -0.2) is 9.18 Å². The monoisotopic (exact) mass is 211 g/mol. The lowest BCUT2D eigenvalue weighted by Gasteiger charge is -2.20. The quantitative estimate of drug-likeness (QED) is 0.831. The Morgan fingerprint density at radius 3 is 2.73 bits per heavy atom. The summed E-state index contributed by atoms with van der Waals surface area (Å²) in [5.74, 6) is -1.60. The van der Waals surface area contributed by atoms with Gasteiger partial charge in [0.05, 0.1) is 11.3 Å². The zero-order chi connectivity index (χ0) is 11.4. The van der Waals surface area contributed by atoms with Crippen molar-refractivity contribution >= 4 is 11.7 Å². The molecule has 1 aromatic rings. The number of carboxylic acid groups (broad SMARTS) is 1. The van der Waals surface area contributed by atoms with Crippen molar-refractivity contribution in [2.45, 2.75) is 13.3 Å². The summed E-state index contributed by atoms with van der Waals surface area (Å²) in [5, 5.41) is 8.91. The first-order valence-electron chi connectivity index (χ1n) is 4.80. The van der Waals surface area contributed by atoms with Gasteiger partial charge in [0.15, 0.2) is 0 Å². The SMILES string of the molecule is CCCN(C)c1c(F)cccc1C(=O)O. The summed E-state index contributed by atoms with van der Waals surface area (Å²) in [6.45, 7) is 2.58. The number of hydrogen-bond acceptors (Lipinski definition) is 2. The minimum atomic E-state index is -1.10. The first kappa shape index (κ1) is 11.5. The van der Waals surface area contributed by atoms with Crippen molar-refractivity contribution in [1.29, 1.82) is 0 Å². The standard InChI is InChI=1S/C11H14FNO2/c1-3-7-13(2)10-8(11(14)15)5-4-6-9(10)12/h4-6H,3,7H2,1-2H3,(H,14,15). The fourth-order valence-electron chi connectivity index (χ4n) is 1.52. The number of halogens is 1. The maximum atomic E-state index is 13.5. The molecule has 0 aliphatic carbocycles. The van der Waals surface area contributed by atoms with Gasteiger partial charge in [0.25, 0.3) is 0 Å². The maximum Gasteiger partial charge on any atom is 0.337 e. The zero-order valence-corrected chi connectivity index (χ0v) is 8.83. The van der Waals surface area contributed by atoms with E-state index in [-0.39, 0.29) is 11.3 Å². The van der Waals surface area contributed by atoms with Crippen LogP contribution < -0.4 is 4.90 Å². The molecule has 0 saturated carbocycles. The number of benzene rings is 1. The molecule has 82 valence electrons. The van der Waals surface area contributed by atoms with Crippen LogP contribution in [0.1, 0.15) is 23.7 Å². The van der Waals surface area contributed by atoms with E-state index in [4.69, 9.17) is 5.11 Å². The second-order valence-electron chi connectivity index (χ2n) is 3.36. The molecular formula is C11H14FNO2. The van der Waals surface area contributed by atoms with Crippen LogP contribution in [-0.4, -0.2) is 24.7 Å². The van der Waals surface area contributed by atoms with Gasteiger partial charge in [0, 0.05) is 13.6 Å². The highest BCUT2D eigenvalue weighted by molar-refractivity contribution is 5.94. The average Bonchev–Trinajstić information content (AvgIpc) is 2.17. The molecule has 0 bridgehead atoms. The number of aromatic carboxylic acids is 1. The van der Waals surface area contributed by atoms with Gasteiger partial charge in [-0.1, -0.05) is 13.0 Å². The molecule has 1 N–H and O–H groups in total. The Hall–Kier alpha value is -1.58. The third-order valence-electron chi connectivity index (χ3n) is 2.16. The molecule has 0 aliphatic heterocycles. The first-order valence-corrected chi connectivity index (χ1v) is 4.80. The van der Waals surface area contributed by atoms with Crippen LogP contribution in [0.3, 0.4) is 0 Å². The van der Waals surface area contributed by atoms with Gasteiger partial charge in [-0.3, -0.25) is 0 Å². The summed E-state index contributed by atoms with van der Waals surface area (Å²) in [6, 6.07) is 4.09. The zero-order valence-electron chi connectivity index (χ0n) is 8.83. The third kappa shape index (κ3) is 2.46. The lowest BCUT2D eigenvalue weighted by atomic mass is 10.1. The minimum absolute atomic E-state index is 0.00551. The van der Waals surface area contributed by atoms with Crippen LogP contribution in [0.25, 0.3) is 0 Å². The van der Waals surface area contributed by atoms with Crippen LogP contribution >= 0.6 is 0 Å². The van der Waals surface area contributed by atoms with E-state index in [0.29, 0.717) is 6.54 Å². The summed E-state index contributed by atoms with van der Waals surface area (Å²) in [4.78, 5) is 12.5. The van der Waals surface area contributed by atoms with Crippen LogP contribution in [0.5, 0.6) is 0 Å². The van der Waals surface area contributed by atoms with Crippen molar-refractivity contribution in [2.75, 3.05) is 18.5 Å². The van der Waals surface area contributed by atoms with Gasteiger partial charge >= 0.3 is 5.97 Å². The van der Waals surface area contributed by atoms with Crippen molar-refractivity contribution in [1.82, 2.24) is 0 Å². The summed E-state index contributed by atoms with van der Waals surface area (Å²) < 4.78 is 13.5. The second-order valence-corrected chi connectivity index (χ2v) is 3.36. The van der Waals surface area contributed by atoms with Gasteiger partial charge in [0.1, 0.15) is 5.82 Å². The number of carboxylic acids is 1.